The molecule has 24 heavy (non-hydrogen) atoms. The number of thiazole rings is 1. The van der Waals surface area contributed by atoms with Crippen LogP contribution in [0.1, 0.15) is 34.8 Å². The number of hydrogen-bond acceptors (Lipinski definition) is 4. The molecule has 2 rings (SSSR count). The molecule has 0 fully saturated rings. The second-order valence-corrected chi connectivity index (χ2v) is 6.99. The number of carbonyl (C=O) groups excluding carboxylic acids is 2. The van der Waals surface area contributed by atoms with Crippen molar-refractivity contribution in [3.63, 3.8) is 0 Å². The van der Waals surface area contributed by atoms with Gasteiger partial charge in [0.15, 0.2) is 5.13 Å². The predicted molar refractivity (Wildman–Crippen MR) is 97.8 cm³/mol. The van der Waals surface area contributed by atoms with E-state index in [1.807, 2.05) is 45.0 Å². The summed E-state index contributed by atoms with van der Waals surface area (Å²) in [6.45, 7) is 8.37. The highest BCUT2D eigenvalue weighted by Gasteiger charge is 2.16. The van der Waals surface area contributed by atoms with Crippen molar-refractivity contribution in [2.75, 3.05) is 17.2 Å². The van der Waals surface area contributed by atoms with E-state index in [0.717, 1.165) is 5.56 Å². The number of benzene rings is 1. The van der Waals surface area contributed by atoms with Crippen molar-refractivity contribution in [2.24, 2.45) is 5.92 Å². The van der Waals surface area contributed by atoms with Gasteiger partial charge in [0.05, 0.1) is 5.69 Å². The van der Waals surface area contributed by atoms with Gasteiger partial charge in [-0.25, -0.2) is 9.78 Å². The predicted octanol–water partition coefficient (Wildman–Crippen LogP) is 3.79. The second-order valence-electron chi connectivity index (χ2n) is 5.99. The van der Waals surface area contributed by atoms with Crippen molar-refractivity contribution in [1.82, 2.24) is 10.3 Å². The summed E-state index contributed by atoms with van der Waals surface area (Å²) in [6, 6.07) is 7.12. The molecule has 0 spiro atoms. The fourth-order valence-electron chi connectivity index (χ4n) is 2.02. The number of anilines is 2. The van der Waals surface area contributed by atoms with E-state index in [1.165, 1.54) is 11.3 Å². The van der Waals surface area contributed by atoms with Gasteiger partial charge in [0.1, 0.15) is 4.88 Å². The molecule has 3 amide bonds. The molecule has 0 bridgehead atoms. The largest absolute Gasteiger partial charge is 0.351 e. The lowest BCUT2D eigenvalue weighted by molar-refractivity contribution is 0.0952. The molecular weight excluding hydrogens is 324 g/mol. The van der Waals surface area contributed by atoms with Crippen LogP contribution in [0.25, 0.3) is 0 Å². The van der Waals surface area contributed by atoms with Crippen LogP contribution in [0.5, 0.6) is 0 Å². The average molecular weight is 346 g/mol. The molecule has 0 aliphatic carbocycles. The van der Waals surface area contributed by atoms with Crippen LogP contribution >= 0.6 is 11.3 Å². The van der Waals surface area contributed by atoms with Crippen LogP contribution in [-0.2, 0) is 0 Å². The van der Waals surface area contributed by atoms with Crippen LogP contribution in [0.2, 0.25) is 0 Å². The number of urea groups is 1. The zero-order chi connectivity index (χ0) is 17.7. The molecular formula is C17H22N4O2S. The van der Waals surface area contributed by atoms with Gasteiger partial charge in [-0.2, -0.15) is 0 Å². The lowest BCUT2D eigenvalue weighted by Crippen LogP contribution is -2.27. The Morgan fingerprint density at radius 2 is 1.96 bits per heavy atom. The Morgan fingerprint density at radius 1 is 1.21 bits per heavy atom. The van der Waals surface area contributed by atoms with E-state index in [4.69, 9.17) is 0 Å². The normalized spacial score (nSPS) is 10.5. The van der Waals surface area contributed by atoms with Gasteiger partial charge < -0.3 is 10.6 Å². The highest BCUT2D eigenvalue weighted by Crippen LogP contribution is 2.22. The van der Waals surface area contributed by atoms with E-state index in [2.05, 4.69) is 20.9 Å². The molecule has 3 N–H and O–H groups in total. The Balaban J connectivity index is 1.99. The van der Waals surface area contributed by atoms with Crippen molar-refractivity contribution in [1.29, 1.82) is 0 Å². The monoisotopic (exact) mass is 346 g/mol. The van der Waals surface area contributed by atoms with Crippen molar-refractivity contribution in [2.45, 2.75) is 27.7 Å². The molecule has 0 aliphatic heterocycles. The minimum Gasteiger partial charge on any atom is -0.351 e. The molecule has 1 aromatic heterocycles. The van der Waals surface area contributed by atoms with E-state index < -0.39 is 0 Å². The van der Waals surface area contributed by atoms with Gasteiger partial charge >= 0.3 is 6.03 Å². The van der Waals surface area contributed by atoms with Gasteiger partial charge in [-0.3, -0.25) is 10.1 Å². The Morgan fingerprint density at radius 3 is 2.62 bits per heavy atom. The average Bonchev–Trinajstić information content (AvgIpc) is 2.85. The number of rotatable bonds is 5. The Hall–Kier alpha value is -2.41. The number of nitrogens with one attached hydrogen (secondary N) is 3. The SMILES string of the molecule is Cc1cccc(NC(=O)Nc2nc(C)c(C(=O)NCC(C)C)s2)c1. The maximum atomic E-state index is 12.1. The molecule has 1 aromatic carbocycles. The van der Waals surface area contributed by atoms with Crippen LogP contribution in [-0.4, -0.2) is 23.5 Å². The van der Waals surface area contributed by atoms with Crippen molar-refractivity contribution in [3.05, 3.63) is 40.4 Å². The molecule has 6 nitrogen and oxygen atoms in total. The number of aryl methyl sites for hydroxylation is 2. The first-order valence-corrected chi connectivity index (χ1v) is 8.57. The molecule has 2 aromatic rings. The third-order valence-electron chi connectivity index (χ3n) is 3.17. The first-order valence-electron chi connectivity index (χ1n) is 7.75. The molecule has 0 saturated carbocycles. The fourth-order valence-corrected chi connectivity index (χ4v) is 2.90. The van der Waals surface area contributed by atoms with Crippen LogP contribution in [0.15, 0.2) is 24.3 Å². The van der Waals surface area contributed by atoms with Gasteiger partial charge in [-0.05, 0) is 37.5 Å². The van der Waals surface area contributed by atoms with Gasteiger partial charge in [0, 0.05) is 12.2 Å². The number of aromatic nitrogens is 1. The highest BCUT2D eigenvalue weighted by molar-refractivity contribution is 7.17. The Kier molecular flexibility index (Phi) is 5.92. The molecule has 0 aliphatic rings. The standard InChI is InChI=1S/C17H22N4O2S/c1-10(2)9-18-15(22)14-12(4)19-17(24-14)21-16(23)20-13-7-5-6-11(3)8-13/h5-8,10H,9H2,1-4H3,(H,18,22)(H2,19,20,21,23). The maximum absolute atomic E-state index is 12.1. The third-order valence-corrected chi connectivity index (χ3v) is 4.24. The van der Waals surface area contributed by atoms with Crippen molar-refractivity contribution in [3.8, 4) is 0 Å². The van der Waals surface area contributed by atoms with E-state index >= 15 is 0 Å². The molecule has 0 radical (unpaired) electrons. The fraction of sp³-hybridized carbons (Fsp3) is 0.353. The lowest BCUT2D eigenvalue weighted by atomic mass is 10.2. The maximum Gasteiger partial charge on any atom is 0.325 e. The summed E-state index contributed by atoms with van der Waals surface area (Å²) < 4.78 is 0. The molecule has 0 unspecified atom stereocenters. The summed E-state index contributed by atoms with van der Waals surface area (Å²) >= 11 is 1.17. The summed E-state index contributed by atoms with van der Waals surface area (Å²) in [5.74, 6) is 0.214. The van der Waals surface area contributed by atoms with Gasteiger partial charge in [0.25, 0.3) is 5.91 Å². The lowest BCUT2D eigenvalue weighted by Gasteiger charge is -2.06. The second kappa shape index (κ2) is 7.92. The minimum absolute atomic E-state index is 0.161. The molecule has 1 heterocycles. The van der Waals surface area contributed by atoms with Crippen LogP contribution < -0.4 is 16.0 Å². The first kappa shape index (κ1) is 17.9. The highest BCUT2D eigenvalue weighted by atomic mass is 32.1. The summed E-state index contributed by atoms with van der Waals surface area (Å²) in [6.07, 6.45) is 0. The van der Waals surface area contributed by atoms with Gasteiger partial charge in [-0.1, -0.05) is 37.3 Å². The van der Waals surface area contributed by atoms with Gasteiger partial charge in [-0.15, -0.1) is 0 Å². The zero-order valence-electron chi connectivity index (χ0n) is 14.3. The number of carbonyl (C=O) groups is 2. The summed E-state index contributed by atoms with van der Waals surface area (Å²) in [5.41, 5.74) is 2.37. The number of amides is 3. The molecule has 7 heteroatoms. The van der Waals surface area contributed by atoms with Crippen molar-refractivity contribution >= 4 is 34.1 Å². The Bertz CT molecular complexity index is 740. The number of nitrogens with zero attached hydrogens (tertiary/aromatic N) is 1. The zero-order valence-corrected chi connectivity index (χ0v) is 15.1. The van der Waals surface area contributed by atoms with E-state index in [-0.39, 0.29) is 11.9 Å². The quantitative estimate of drug-likeness (QED) is 0.770. The molecule has 0 atom stereocenters. The smallest absolute Gasteiger partial charge is 0.325 e. The summed E-state index contributed by atoms with van der Waals surface area (Å²) in [4.78, 5) is 28.9. The minimum atomic E-state index is -0.386. The topological polar surface area (TPSA) is 83.1 Å². The molecule has 0 saturated heterocycles. The first-order chi connectivity index (χ1) is 11.3. The van der Waals surface area contributed by atoms with E-state index in [1.54, 1.807) is 6.92 Å². The van der Waals surface area contributed by atoms with Crippen LogP contribution in [0, 0.1) is 19.8 Å². The van der Waals surface area contributed by atoms with E-state index in [9.17, 15) is 9.59 Å². The van der Waals surface area contributed by atoms with Crippen LogP contribution in [0.4, 0.5) is 15.6 Å². The van der Waals surface area contributed by atoms with Crippen molar-refractivity contribution < 1.29 is 9.59 Å². The van der Waals surface area contributed by atoms with Crippen LogP contribution in [0.3, 0.4) is 0 Å². The summed E-state index contributed by atoms with van der Waals surface area (Å²) in [5, 5.41) is 8.66. The number of hydrogen-bond donors (Lipinski definition) is 3. The summed E-state index contributed by atoms with van der Waals surface area (Å²) in [7, 11) is 0. The molecule has 128 valence electrons. The Labute approximate surface area is 145 Å². The van der Waals surface area contributed by atoms with E-state index in [0.29, 0.717) is 33.9 Å². The third kappa shape index (κ3) is 5.06. The van der Waals surface area contributed by atoms with Gasteiger partial charge in [0.2, 0.25) is 0 Å².